The number of fused-ring (bicyclic) bond motifs is 8. The minimum absolute atomic E-state index is 0.186. The highest BCUT2D eigenvalue weighted by Crippen LogP contribution is 2.56. The standard InChI is InChI=1S/C31H28N4O4/c1-17(2)16-23-25-26(29(38)34(28(25)37)18-12-14-19(39-3)15-13-18)31(33-23)21-9-5-7-11-24(21)35-27(36)20-8-4-6-10-22(20)32-30(31)35/h4-15,17,23,25-26,33H,16H2,1-3H3/t23-,25+,26+,31-/m0/s1. The van der Waals surface area contributed by atoms with Gasteiger partial charge in [0.1, 0.15) is 17.1 Å². The summed E-state index contributed by atoms with van der Waals surface area (Å²) in [6.07, 6.45) is 0.693. The Hall–Kier alpha value is -4.30. The summed E-state index contributed by atoms with van der Waals surface area (Å²) < 4.78 is 6.91. The second-order valence-corrected chi connectivity index (χ2v) is 11.0. The average Bonchev–Trinajstić information content (AvgIpc) is 3.51. The molecule has 3 aliphatic rings. The zero-order chi connectivity index (χ0) is 27.1. The molecule has 3 aliphatic heterocycles. The van der Waals surface area contributed by atoms with Crippen LogP contribution in [0.1, 0.15) is 31.7 Å². The van der Waals surface area contributed by atoms with Crippen molar-refractivity contribution in [3.63, 3.8) is 0 Å². The Morgan fingerprint density at radius 3 is 2.41 bits per heavy atom. The van der Waals surface area contributed by atoms with Gasteiger partial charge in [-0.1, -0.05) is 44.2 Å². The van der Waals surface area contributed by atoms with Crippen molar-refractivity contribution in [3.05, 3.63) is 94.5 Å². The van der Waals surface area contributed by atoms with Gasteiger partial charge in [-0.15, -0.1) is 0 Å². The van der Waals surface area contributed by atoms with Gasteiger partial charge < -0.3 is 4.74 Å². The lowest BCUT2D eigenvalue weighted by Crippen LogP contribution is -2.50. The lowest BCUT2D eigenvalue weighted by molar-refractivity contribution is -0.123. The van der Waals surface area contributed by atoms with Crippen LogP contribution >= 0.6 is 0 Å². The van der Waals surface area contributed by atoms with Gasteiger partial charge in [0.05, 0.1) is 41.2 Å². The molecule has 4 atom stereocenters. The number of ether oxygens (including phenoxy) is 1. The molecule has 0 aliphatic carbocycles. The highest BCUT2D eigenvalue weighted by Gasteiger charge is 2.69. The van der Waals surface area contributed by atoms with E-state index in [1.807, 2.05) is 42.5 Å². The van der Waals surface area contributed by atoms with Gasteiger partial charge in [0.15, 0.2) is 0 Å². The SMILES string of the molecule is COc1ccc(N2C(=O)[C@@H]3[C@H](CC(C)C)N[C@@]4(c5ccccc5-n5c4nc4ccccc4c5=O)[C@H]3C2=O)cc1. The van der Waals surface area contributed by atoms with Gasteiger partial charge in [-0.2, -0.15) is 0 Å². The van der Waals surface area contributed by atoms with Crippen LogP contribution in [-0.4, -0.2) is 34.5 Å². The fraction of sp³-hybridized carbons (Fsp3) is 0.290. The van der Waals surface area contributed by atoms with Gasteiger partial charge in [0.2, 0.25) is 11.8 Å². The summed E-state index contributed by atoms with van der Waals surface area (Å²) in [6, 6.07) is 21.6. The molecule has 1 spiro atoms. The summed E-state index contributed by atoms with van der Waals surface area (Å²) in [4.78, 5) is 48.8. The number of hydrogen-bond donors (Lipinski definition) is 1. The number of benzene rings is 3. The smallest absolute Gasteiger partial charge is 0.266 e. The highest BCUT2D eigenvalue weighted by atomic mass is 16.5. The second-order valence-electron chi connectivity index (χ2n) is 11.0. The molecular formula is C31H28N4O4. The van der Waals surface area contributed by atoms with Crippen LogP contribution in [0.25, 0.3) is 16.6 Å². The fourth-order valence-corrected chi connectivity index (χ4v) is 6.92. The molecule has 8 heteroatoms. The summed E-state index contributed by atoms with van der Waals surface area (Å²) in [5.74, 6) is -0.512. The van der Waals surface area contributed by atoms with Gasteiger partial charge in [0.25, 0.3) is 5.56 Å². The van der Waals surface area contributed by atoms with E-state index in [4.69, 9.17) is 9.72 Å². The molecule has 8 nitrogen and oxygen atoms in total. The highest BCUT2D eigenvalue weighted by molar-refractivity contribution is 6.23. The molecule has 7 rings (SSSR count). The first-order valence-corrected chi connectivity index (χ1v) is 13.3. The molecule has 4 heterocycles. The number of imide groups is 1. The summed E-state index contributed by atoms with van der Waals surface area (Å²) in [5.41, 5.74) is 1.25. The maximum Gasteiger partial charge on any atom is 0.266 e. The van der Waals surface area contributed by atoms with Gasteiger partial charge in [-0.05, 0) is 54.8 Å². The molecule has 3 aromatic carbocycles. The van der Waals surface area contributed by atoms with Gasteiger partial charge >= 0.3 is 0 Å². The molecule has 0 saturated carbocycles. The average molecular weight is 521 g/mol. The van der Waals surface area contributed by atoms with E-state index < -0.39 is 17.4 Å². The normalized spacial score (nSPS) is 25.0. The Kier molecular flexibility index (Phi) is 5.09. The number of hydrogen-bond acceptors (Lipinski definition) is 6. The third-order valence-electron chi connectivity index (χ3n) is 8.42. The van der Waals surface area contributed by atoms with E-state index in [1.165, 1.54) is 4.90 Å². The monoisotopic (exact) mass is 520 g/mol. The maximum atomic E-state index is 14.4. The van der Waals surface area contributed by atoms with Crippen molar-refractivity contribution in [2.24, 2.45) is 17.8 Å². The summed E-state index contributed by atoms with van der Waals surface area (Å²) in [5, 5.41) is 4.25. The molecule has 0 unspecified atom stereocenters. The number of rotatable bonds is 4. The van der Waals surface area contributed by atoms with E-state index in [0.29, 0.717) is 40.3 Å². The third kappa shape index (κ3) is 3.09. The molecule has 0 bridgehead atoms. The number of amides is 2. The van der Waals surface area contributed by atoms with Crippen molar-refractivity contribution >= 4 is 28.4 Å². The van der Waals surface area contributed by atoms with Crippen LogP contribution in [0.4, 0.5) is 5.69 Å². The van der Waals surface area contributed by atoms with Gasteiger partial charge in [-0.25, -0.2) is 9.88 Å². The molecule has 39 heavy (non-hydrogen) atoms. The number of carbonyl (C=O) groups is 2. The molecule has 196 valence electrons. The van der Waals surface area contributed by atoms with Crippen LogP contribution in [0.2, 0.25) is 0 Å². The van der Waals surface area contributed by atoms with Crippen molar-refractivity contribution < 1.29 is 14.3 Å². The van der Waals surface area contributed by atoms with Crippen molar-refractivity contribution in [2.45, 2.75) is 31.8 Å². The number of aromatic nitrogens is 2. The van der Waals surface area contributed by atoms with Crippen LogP contribution in [0.15, 0.2) is 77.6 Å². The minimum atomic E-state index is -1.13. The Morgan fingerprint density at radius 1 is 0.949 bits per heavy atom. The van der Waals surface area contributed by atoms with Crippen molar-refractivity contribution in [1.29, 1.82) is 0 Å². The summed E-state index contributed by atoms with van der Waals surface area (Å²) >= 11 is 0. The van der Waals surface area contributed by atoms with Gasteiger partial charge in [0, 0.05) is 11.6 Å². The largest absolute Gasteiger partial charge is 0.497 e. The number of methoxy groups -OCH3 is 1. The first-order chi connectivity index (χ1) is 18.9. The number of nitrogens with one attached hydrogen (secondary N) is 1. The number of carbonyl (C=O) groups excluding carboxylic acids is 2. The molecular weight excluding hydrogens is 492 g/mol. The number of anilines is 1. The summed E-state index contributed by atoms with van der Waals surface area (Å²) in [7, 11) is 1.57. The van der Waals surface area contributed by atoms with Crippen LogP contribution in [0.5, 0.6) is 5.75 Å². The second kappa shape index (κ2) is 8.35. The molecule has 1 N–H and O–H groups in total. The first kappa shape index (κ1) is 23.8. The number of nitrogens with zero attached hydrogens (tertiary/aromatic N) is 3. The zero-order valence-electron chi connectivity index (χ0n) is 21.9. The lowest BCUT2D eigenvalue weighted by atomic mass is 9.75. The van der Waals surface area contributed by atoms with Crippen molar-refractivity contribution in [1.82, 2.24) is 14.9 Å². The van der Waals surface area contributed by atoms with Crippen LogP contribution in [-0.2, 0) is 15.1 Å². The Bertz CT molecular complexity index is 1730. The third-order valence-corrected chi connectivity index (χ3v) is 8.42. The molecule has 2 fully saturated rings. The topological polar surface area (TPSA) is 93.5 Å². The number of para-hydroxylation sites is 2. The maximum absolute atomic E-state index is 14.4. The molecule has 2 saturated heterocycles. The lowest BCUT2D eigenvalue weighted by Gasteiger charge is -2.32. The molecule has 2 amide bonds. The predicted octanol–water partition coefficient (Wildman–Crippen LogP) is 3.78. The summed E-state index contributed by atoms with van der Waals surface area (Å²) in [6.45, 7) is 4.22. The Balaban J connectivity index is 1.49. The quantitative estimate of drug-likeness (QED) is 0.412. The predicted molar refractivity (Wildman–Crippen MR) is 147 cm³/mol. The molecule has 1 aromatic heterocycles. The van der Waals surface area contributed by atoms with E-state index in [-0.39, 0.29) is 29.3 Å². The Labute approximate surface area is 225 Å². The Morgan fingerprint density at radius 2 is 1.67 bits per heavy atom. The first-order valence-electron chi connectivity index (χ1n) is 13.3. The fourth-order valence-electron chi connectivity index (χ4n) is 6.92. The van der Waals surface area contributed by atoms with E-state index in [1.54, 1.807) is 42.0 Å². The van der Waals surface area contributed by atoms with E-state index in [2.05, 4.69) is 19.2 Å². The molecule has 4 aromatic rings. The van der Waals surface area contributed by atoms with Crippen molar-refractivity contribution in [2.75, 3.05) is 12.0 Å². The van der Waals surface area contributed by atoms with E-state index in [0.717, 1.165) is 5.56 Å². The minimum Gasteiger partial charge on any atom is -0.497 e. The molecule has 0 radical (unpaired) electrons. The zero-order valence-corrected chi connectivity index (χ0v) is 21.9. The van der Waals surface area contributed by atoms with Crippen molar-refractivity contribution in [3.8, 4) is 11.4 Å². The van der Waals surface area contributed by atoms with Gasteiger partial charge in [-0.3, -0.25) is 24.3 Å². The van der Waals surface area contributed by atoms with E-state index >= 15 is 0 Å². The van der Waals surface area contributed by atoms with E-state index in [9.17, 15) is 14.4 Å². The van der Waals surface area contributed by atoms with Crippen LogP contribution in [0.3, 0.4) is 0 Å². The van der Waals surface area contributed by atoms with Crippen LogP contribution in [0, 0.1) is 17.8 Å². The van der Waals surface area contributed by atoms with Crippen LogP contribution < -0.4 is 20.5 Å².